The van der Waals surface area contributed by atoms with Crippen molar-refractivity contribution in [2.45, 2.75) is 18.7 Å². The lowest BCUT2D eigenvalue weighted by Crippen LogP contribution is -2.02. The predicted molar refractivity (Wildman–Crippen MR) is 82.9 cm³/mol. The van der Waals surface area contributed by atoms with Gasteiger partial charge in [-0.2, -0.15) is 0 Å². The van der Waals surface area contributed by atoms with Gasteiger partial charge in [-0.3, -0.25) is 10.1 Å². The molecular formula is C16H16ClNO3. The second-order valence-corrected chi connectivity index (χ2v) is 4.90. The number of nitrogens with zero attached hydrogens (tertiary/aromatic N) is 1. The molecule has 2 aromatic carbocycles. The third-order valence-corrected chi connectivity index (χ3v) is 3.39. The summed E-state index contributed by atoms with van der Waals surface area (Å²) in [5.74, 6) is 0.587. The van der Waals surface area contributed by atoms with Gasteiger partial charge >= 0.3 is 5.69 Å². The van der Waals surface area contributed by atoms with Crippen LogP contribution in [0.2, 0.25) is 0 Å². The Morgan fingerprint density at radius 2 is 1.86 bits per heavy atom. The van der Waals surface area contributed by atoms with Crippen molar-refractivity contribution in [2.24, 2.45) is 0 Å². The molecule has 0 fully saturated rings. The Labute approximate surface area is 128 Å². The molecule has 2 aromatic rings. The van der Waals surface area contributed by atoms with E-state index in [2.05, 4.69) is 12.1 Å². The number of hydrogen-bond acceptors (Lipinski definition) is 3. The molecule has 0 radical (unpaired) electrons. The van der Waals surface area contributed by atoms with Crippen molar-refractivity contribution in [1.29, 1.82) is 0 Å². The van der Waals surface area contributed by atoms with Crippen molar-refractivity contribution in [1.82, 2.24) is 0 Å². The monoisotopic (exact) mass is 305 g/mol. The number of nitro groups is 1. The van der Waals surface area contributed by atoms with E-state index >= 15 is 0 Å². The Kier molecular flexibility index (Phi) is 5.58. The van der Waals surface area contributed by atoms with Gasteiger partial charge in [0.1, 0.15) is 0 Å². The van der Waals surface area contributed by atoms with Gasteiger partial charge in [0.2, 0.25) is 0 Å². The molecule has 4 nitrogen and oxygen atoms in total. The van der Waals surface area contributed by atoms with Crippen molar-refractivity contribution in [3.05, 3.63) is 69.8 Å². The summed E-state index contributed by atoms with van der Waals surface area (Å²) < 4.78 is 5.56. The maximum absolute atomic E-state index is 11.0. The molecule has 5 heteroatoms. The summed E-state index contributed by atoms with van der Waals surface area (Å²) in [5, 5.41) is 11.0. The van der Waals surface area contributed by atoms with Crippen LogP contribution in [-0.2, 0) is 12.3 Å². The van der Waals surface area contributed by atoms with Crippen molar-refractivity contribution in [2.75, 3.05) is 6.61 Å². The largest absolute Gasteiger partial charge is 0.487 e. The minimum Gasteiger partial charge on any atom is -0.487 e. The number of nitro benzene ring substituents is 1. The molecule has 0 unspecified atom stereocenters. The van der Waals surface area contributed by atoms with Gasteiger partial charge in [-0.05, 0) is 30.0 Å². The number of ether oxygens (including phenoxy) is 1. The van der Waals surface area contributed by atoms with Crippen LogP contribution in [0.3, 0.4) is 0 Å². The topological polar surface area (TPSA) is 52.4 Å². The zero-order valence-corrected chi connectivity index (χ0v) is 12.3. The minimum atomic E-state index is -0.440. The molecular weight excluding hydrogens is 290 g/mol. The predicted octanol–water partition coefficient (Wildman–Crippen LogP) is 4.35. The molecule has 21 heavy (non-hydrogen) atoms. The number of benzene rings is 2. The van der Waals surface area contributed by atoms with Crippen molar-refractivity contribution in [3.8, 4) is 5.75 Å². The molecule has 0 heterocycles. The second kappa shape index (κ2) is 7.64. The van der Waals surface area contributed by atoms with Gasteiger partial charge in [-0.15, -0.1) is 11.6 Å². The summed E-state index contributed by atoms with van der Waals surface area (Å²) in [6, 6.07) is 14.8. The molecule has 0 aromatic heterocycles. The Hall–Kier alpha value is -2.07. The molecule has 0 saturated carbocycles. The van der Waals surface area contributed by atoms with Crippen molar-refractivity contribution < 1.29 is 9.66 Å². The molecule has 0 bridgehead atoms. The van der Waals surface area contributed by atoms with Crippen LogP contribution >= 0.6 is 11.6 Å². The van der Waals surface area contributed by atoms with E-state index < -0.39 is 4.92 Å². The first-order valence-corrected chi connectivity index (χ1v) is 7.24. The third kappa shape index (κ3) is 4.46. The van der Waals surface area contributed by atoms with Crippen molar-refractivity contribution in [3.63, 3.8) is 0 Å². The maximum Gasteiger partial charge on any atom is 0.310 e. The molecule has 0 amide bonds. The lowest BCUT2D eigenvalue weighted by Gasteiger charge is -2.08. The molecule has 2 rings (SSSR count). The highest BCUT2D eigenvalue weighted by molar-refractivity contribution is 6.17. The SMILES string of the molecule is O=[N+]([O-])c1ccc(CCl)cc1OCCCc1ccccc1. The summed E-state index contributed by atoms with van der Waals surface area (Å²) in [5.41, 5.74) is 2.01. The molecule has 0 N–H and O–H groups in total. The van der Waals surface area contributed by atoms with Gasteiger partial charge < -0.3 is 4.74 Å². The molecule has 0 saturated heterocycles. The fraction of sp³-hybridized carbons (Fsp3) is 0.250. The Morgan fingerprint density at radius 3 is 2.52 bits per heavy atom. The summed E-state index contributed by atoms with van der Waals surface area (Å²) >= 11 is 5.75. The lowest BCUT2D eigenvalue weighted by molar-refractivity contribution is -0.385. The van der Waals surface area contributed by atoms with Crippen LogP contribution in [0.15, 0.2) is 48.5 Å². The van der Waals surface area contributed by atoms with Gasteiger partial charge in [-0.25, -0.2) is 0 Å². The molecule has 0 aliphatic heterocycles. The second-order valence-electron chi connectivity index (χ2n) is 4.63. The highest BCUT2D eigenvalue weighted by Gasteiger charge is 2.15. The molecule has 0 spiro atoms. The number of hydrogen-bond donors (Lipinski definition) is 0. The fourth-order valence-electron chi connectivity index (χ4n) is 2.01. The Balaban J connectivity index is 1.94. The van der Waals surface area contributed by atoms with Crippen LogP contribution in [0.1, 0.15) is 17.5 Å². The molecule has 0 atom stereocenters. The van der Waals surface area contributed by atoms with Crippen LogP contribution in [0, 0.1) is 10.1 Å². The fourth-order valence-corrected chi connectivity index (χ4v) is 2.18. The molecule has 0 aliphatic rings. The first-order chi connectivity index (χ1) is 10.2. The van der Waals surface area contributed by atoms with Gasteiger partial charge in [-0.1, -0.05) is 36.4 Å². The molecule has 0 aliphatic carbocycles. The third-order valence-electron chi connectivity index (χ3n) is 3.09. The van der Waals surface area contributed by atoms with E-state index in [0.717, 1.165) is 18.4 Å². The van der Waals surface area contributed by atoms with E-state index in [4.69, 9.17) is 16.3 Å². The zero-order valence-electron chi connectivity index (χ0n) is 11.5. The number of halogens is 1. The van der Waals surface area contributed by atoms with Crippen LogP contribution in [0.25, 0.3) is 0 Å². The Bertz CT molecular complexity index is 602. The summed E-state index contributed by atoms with van der Waals surface area (Å²) in [6.07, 6.45) is 1.68. The highest BCUT2D eigenvalue weighted by atomic mass is 35.5. The normalized spacial score (nSPS) is 10.3. The van der Waals surface area contributed by atoms with Crippen LogP contribution in [-0.4, -0.2) is 11.5 Å². The average Bonchev–Trinajstić information content (AvgIpc) is 2.52. The summed E-state index contributed by atoms with van der Waals surface area (Å²) in [7, 11) is 0. The number of alkyl halides is 1. The average molecular weight is 306 g/mol. The van der Waals surface area contributed by atoms with Crippen LogP contribution in [0.4, 0.5) is 5.69 Å². The summed E-state index contributed by atoms with van der Waals surface area (Å²) in [6.45, 7) is 0.432. The van der Waals surface area contributed by atoms with E-state index in [1.807, 2.05) is 18.2 Å². The van der Waals surface area contributed by atoms with E-state index in [1.54, 1.807) is 12.1 Å². The van der Waals surface area contributed by atoms with Gasteiger partial charge in [0, 0.05) is 11.9 Å². The number of aryl methyl sites for hydroxylation is 1. The standard InChI is InChI=1S/C16H16ClNO3/c17-12-14-8-9-15(18(19)20)16(11-14)21-10-4-7-13-5-2-1-3-6-13/h1-3,5-6,8-9,11H,4,7,10,12H2. The first kappa shape index (κ1) is 15.3. The van der Waals surface area contributed by atoms with E-state index in [1.165, 1.54) is 11.6 Å². The smallest absolute Gasteiger partial charge is 0.310 e. The van der Waals surface area contributed by atoms with Crippen LogP contribution in [0.5, 0.6) is 5.75 Å². The van der Waals surface area contributed by atoms with Gasteiger partial charge in [0.15, 0.2) is 5.75 Å². The first-order valence-electron chi connectivity index (χ1n) is 6.70. The number of rotatable bonds is 7. The van der Waals surface area contributed by atoms with Gasteiger partial charge in [0.25, 0.3) is 0 Å². The maximum atomic E-state index is 11.0. The summed E-state index contributed by atoms with van der Waals surface area (Å²) in [4.78, 5) is 10.5. The van der Waals surface area contributed by atoms with Gasteiger partial charge in [0.05, 0.1) is 11.5 Å². The quantitative estimate of drug-likeness (QED) is 0.331. The minimum absolute atomic E-state index is 0.0245. The van der Waals surface area contributed by atoms with Crippen molar-refractivity contribution >= 4 is 17.3 Å². The van der Waals surface area contributed by atoms with E-state index in [-0.39, 0.29) is 11.4 Å². The van der Waals surface area contributed by atoms with E-state index in [9.17, 15) is 10.1 Å². The lowest BCUT2D eigenvalue weighted by atomic mass is 10.1. The van der Waals surface area contributed by atoms with E-state index in [0.29, 0.717) is 12.5 Å². The Morgan fingerprint density at radius 1 is 1.10 bits per heavy atom. The molecule has 110 valence electrons. The zero-order chi connectivity index (χ0) is 15.1. The highest BCUT2D eigenvalue weighted by Crippen LogP contribution is 2.28. The van der Waals surface area contributed by atoms with Crippen LogP contribution < -0.4 is 4.74 Å².